The molecule has 1 aliphatic carbocycles. The topological polar surface area (TPSA) is 46.5 Å². The number of aliphatic hydroxyl groups is 1. The maximum Gasteiger partial charge on any atom is 0.184 e. The second-order valence-electron chi connectivity index (χ2n) is 7.39. The third kappa shape index (κ3) is 4.54. The van der Waals surface area contributed by atoms with Gasteiger partial charge in [-0.3, -0.25) is 4.79 Å². The molecule has 0 aromatic heterocycles. The monoisotopic (exact) mass is 298 g/mol. The molecule has 0 aliphatic heterocycles. The van der Waals surface area contributed by atoms with E-state index < -0.39 is 8.32 Å². The number of aliphatic hydroxyl groups excluding tert-OH is 1. The fourth-order valence-electron chi connectivity index (χ4n) is 3.43. The van der Waals surface area contributed by atoms with Crippen LogP contribution in [0.5, 0.6) is 0 Å². The van der Waals surface area contributed by atoms with Gasteiger partial charge in [0.15, 0.2) is 14.1 Å². The SMILES string of the molecule is CC(=O)C=CC1C(C(C)CO)CCC1(C)O[Si](C)(C)C. The van der Waals surface area contributed by atoms with E-state index >= 15 is 0 Å². The van der Waals surface area contributed by atoms with Gasteiger partial charge < -0.3 is 9.53 Å². The van der Waals surface area contributed by atoms with E-state index in [4.69, 9.17) is 4.43 Å². The zero-order valence-corrected chi connectivity index (χ0v) is 14.8. The van der Waals surface area contributed by atoms with Crippen LogP contribution in [0, 0.1) is 17.8 Å². The first kappa shape index (κ1) is 17.6. The fraction of sp³-hybridized carbons (Fsp3) is 0.812. The Morgan fingerprint density at radius 2 is 2.10 bits per heavy atom. The van der Waals surface area contributed by atoms with Gasteiger partial charge in [0.2, 0.25) is 0 Å². The lowest BCUT2D eigenvalue weighted by molar-refractivity contribution is -0.112. The zero-order chi connectivity index (χ0) is 15.6. The normalized spacial score (nSPS) is 32.8. The molecule has 0 saturated heterocycles. The van der Waals surface area contributed by atoms with Crippen LogP contribution in [0.15, 0.2) is 12.2 Å². The summed E-state index contributed by atoms with van der Waals surface area (Å²) < 4.78 is 6.45. The maximum atomic E-state index is 11.3. The highest BCUT2D eigenvalue weighted by atomic mass is 28.4. The number of carbonyl (C=O) groups excluding carboxylic acids is 1. The third-order valence-electron chi connectivity index (χ3n) is 4.24. The first-order valence-electron chi connectivity index (χ1n) is 7.59. The minimum Gasteiger partial charge on any atom is -0.412 e. The molecule has 4 unspecified atom stereocenters. The van der Waals surface area contributed by atoms with Crippen molar-refractivity contribution in [3.05, 3.63) is 12.2 Å². The Morgan fingerprint density at radius 1 is 1.50 bits per heavy atom. The number of allylic oxidation sites excluding steroid dienone is 1. The summed E-state index contributed by atoms with van der Waals surface area (Å²) in [6.07, 6.45) is 5.74. The van der Waals surface area contributed by atoms with E-state index in [2.05, 4.69) is 33.5 Å². The van der Waals surface area contributed by atoms with Crippen LogP contribution in [0.4, 0.5) is 0 Å². The molecular formula is C16H30O3Si. The molecule has 0 heterocycles. The van der Waals surface area contributed by atoms with Crippen molar-refractivity contribution in [3.8, 4) is 0 Å². The van der Waals surface area contributed by atoms with Gasteiger partial charge in [-0.25, -0.2) is 0 Å². The van der Waals surface area contributed by atoms with Crippen LogP contribution in [0.1, 0.15) is 33.6 Å². The zero-order valence-electron chi connectivity index (χ0n) is 13.8. The van der Waals surface area contributed by atoms with Crippen molar-refractivity contribution in [2.24, 2.45) is 17.8 Å². The standard InChI is InChI=1S/C16H30O3Si/c1-12(11-17)14-9-10-16(3,19-20(4,5)6)15(14)8-7-13(2)18/h7-8,12,14-15,17H,9-11H2,1-6H3. The number of ketones is 1. The fourth-order valence-corrected chi connectivity index (χ4v) is 5.07. The molecule has 1 aliphatic rings. The van der Waals surface area contributed by atoms with E-state index in [-0.39, 0.29) is 29.8 Å². The second kappa shape index (κ2) is 6.54. The molecular weight excluding hydrogens is 268 g/mol. The Balaban J connectivity index is 3.02. The molecule has 1 rings (SSSR count). The first-order chi connectivity index (χ1) is 9.09. The lowest BCUT2D eigenvalue weighted by Crippen LogP contribution is -2.44. The van der Waals surface area contributed by atoms with E-state index in [1.165, 1.54) is 0 Å². The Bertz CT molecular complexity index is 372. The van der Waals surface area contributed by atoms with Gasteiger partial charge in [-0.2, -0.15) is 0 Å². The summed E-state index contributed by atoms with van der Waals surface area (Å²) >= 11 is 0. The van der Waals surface area contributed by atoms with Crippen molar-refractivity contribution in [2.75, 3.05) is 6.61 Å². The minimum atomic E-state index is -1.65. The number of hydrogen-bond acceptors (Lipinski definition) is 3. The maximum absolute atomic E-state index is 11.3. The first-order valence-corrected chi connectivity index (χ1v) is 11.0. The Labute approximate surface area is 124 Å². The molecule has 1 saturated carbocycles. The van der Waals surface area contributed by atoms with Gasteiger partial charge in [-0.1, -0.05) is 13.0 Å². The van der Waals surface area contributed by atoms with Crippen LogP contribution >= 0.6 is 0 Å². The highest BCUT2D eigenvalue weighted by Gasteiger charge is 2.48. The van der Waals surface area contributed by atoms with Gasteiger partial charge in [0.05, 0.1) is 5.60 Å². The Hall–Kier alpha value is -0.453. The smallest absolute Gasteiger partial charge is 0.184 e. The molecule has 4 atom stereocenters. The summed E-state index contributed by atoms with van der Waals surface area (Å²) in [5.41, 5.74) is -0.204. The largest absolute Gasteiger partial charge is 0.412 e. The lowest BCUT2D eigenvalue weighted by atomic mass is 9.80. The summed E-state index contributed by atoms with van der Waals surface area (Å²) in [6.45, 7) is 12.6. The molecule has 20 heavy (non-hydrogen) atoms. The van der Waals surface area contributed by atoms with Crippen molar-refractivity contribution in [1.82, 2.24) is 0 Å². The van der Waals surface area contributed by atoms with Crippen LogP contribution in [-0.4, -0.2) is 31.4 Å². The molecule has 116 valence electrons. The van der Waals surface area contributed by atoms with Crippen LogP contribution in [-0.2, 0) is 9.22 Å². The van der Waals surface area contributed by atoms with Gasteiger partial charge in [0.1, 0.15) is 0 Å². The predicted molar refractivity (Wildman–Crippen MR) is 85.1 cm³/mol. The van der Waals surface area contributed by atoms with Crippen molar-refractivity contribution < 1.29 is 14.3 Å². The highest BCUT2D eigenvalue weighted by molar-refractivity contribution is 6.69. The average Bonchev–Trinajstić information content (AvgIpc) is 2.59. The minimum absolute atomic E-state index is 0.0719. The van der Waals surface area contributed by atoms with Crippen LogP contribution in [0.25, 0.3) is 0 Å². The quantitative estimate of drug-likeness (QED) is 0.604. The lowest BCUT2D eigenvalue weighted by Gasteiger charge is -2.39. The van der Waals surface area contributed by atoms with Gasteiger partial charge in [0.25, 0.3) is 0 Å². The van der Waals surface area contributed by atoms with Gasteiger partial charge in [-0.15, -0.1) is 0 Å². The van der Waals surface area contributed by atoms with E-state index in [1.54, 1.807) is 13.0 Å². The molecule has 1 N–H and O–H groups in total. The number of rotatable bonds is 6. The summed E-state index contributed by atoms with van der Waals surface area (Å²) in [5.74, 6) is 0.906. The molecule has 0 bridgehead atoms. The molecule has 0 aromatic carbocycles. The van der Waals surface area contributed by atoms with Gasteiger partial charge >= 0.3 is 0 Å². The van der Waals surface area contributed by atoms with E-state index in [1.807, 2.05) is 6.08 Å². The Kier molecular flexibility index (Phi) is 5.76. The van der Waals surface area contributed by atoms with Crippen LogP contribution in [0.2, 0.25) is 19.6 Å². The second-order valence-corrected chi connectivity index (χ2v) is 11.8. The molecule has 0 aromatic rings. The van der Waals surface area contributed by atoms with Crippen molar-refractivity contribution >= 4 is 14.1 Å². The summed E-state index contributed by atoms with van der Waals surface area (Å²) in [7, 11) is -1.65. The van der Waals surface area contributed by atoms with Crippen molar-refractivity contribution in [3.63, 3.8) is 0 Å². The van der Waals surface area contributed by atoms with Crippen LogP contribution < -0.4 is 0 Å². The summed E-state index contributed by atoms with van der Waals surface area (Å²) in [4.78, 5) is 11.3. The number of hydrogen-bond donors (Lipinski definition) is 1. The third-order valence-corrected chi connectivity index (χ3v) is 5.32. The number of carbonyl (C=O) groups is 1. The van der Waals surface area contributed by atoms with Gasteiger partial charge in [0, 0.05) is 12.5 Å². The summed E-state index contributed by atoms with van der Waals surface area (Å²) in [5, 5.41) is 9.47. The van der Waals surface area contributed by atoms with E-state index in [0.717, 1.165) is 12.8 Å². The van der Waals surface area contributed by atoms with E-state index in [0.29, 0.717) is 5.92 Å². The van der Waals surface area contributed by atoms with E-state index in [9.17, 15) is 9.90 Å². The summed E-state index contributed by atoms with van der Waals surface area (Å²) in [6, 6.07) is 0. The molecule has 0 spiro atoms. The molecule has 0 radical (unpaired) electrons. The Morgan fingerprint density at radius 3 is 2.55 bits per heavy atom. The molecule has 0 amide bonds. The average molecular weight is 298 g/mol. The molecule has 4 heteroatoms. The predicted octanol–water partition coefficient (Wildman–Crippen LogP) is 3.40. The van der Waals surface area contributed by atoms with Crippen LogP contribution in [0.3, 0.4) is 0 Å². The van der Waals surface area contributed by atoms with Crippen molar-refractivity contribution in [2.45, 2.75) is 58.9 Å². The molecule has 3 nitrogen and oxygen atoms in total. The highest BCUT2D eigenvalue weighted by Crippen LogP contribution is 2.47. The van der Waals surface area contributed by atoms with Crippen molar-refractivity contribution in [1.29, 1.82) is 0 Å². The van der Waals surface area contributed by atoms with Gasteiger partial charge in [-0.05, 0) is 64.2 Å². The molecule has 1 fully saturated rings.